The Hall–Kier alpha value is -2.28. The van der Waals surface area contributed by atoms with E-state index in [2.05, 4.69) is 44.4 Å². The number of carbonyl (C=O) groups excluding carboxylic acids is 1. The van der Waals surface area contributed by atoms with E-state index in [1.807, 2.05) is 32.9 Å². The van der Waals surface area contributed by atoms with Crippen molar-refractivity contribution in [2.75, 3.05) is 7.11 Å². The van der Waals surface area contributed by atoms with E-state index in [1.54, 1.807) is 7.11 Å². The van der Waals surface area contributed by atoms with E-state index in [1.165, 1.54) is 0 Å². The Morgan fingerprint density at radius 3 is 2.19 bits per heavy atom. The molecular weight excluding hydrogens is 454 g/mol. The summed E-state index contributed by atoms with van der Waals surface area (Å²) in [4.78, 5) is 12.1. The van der Waals surface area contributed by atoms with E-state index in [0.29, 0.717) is 5.84 Å². The highest BCUT2D eigenvalue weighted by molar-refractivity contribution is 5.96. The number of amides is 1. The summed E-state index contributed by atoms with van der Waals surface area (Å²) in [5.41, 5.74) is 1.08. The monoisotopic (exact) mass is 501 g/mol. The smallest absolute Gasteiger partial charge is 0.407 e. The molecule has 36 heavy (non-hydrogen) atoms. The fourth-order valence-corrected chi connectivity index (χ4v) is 5.20. The first-order valence-electron chi connectivity index (χ1n) is 13.4. The van der Waals surface area contributed by atoms with Gasteiger partial charge in [0.1, 0.15) is 28.9 Å². The van der Waals surface area contributed by atoms with E-state index in [4.69, 9.17) is 19.6 Å². The van der Waals surface area contributed by atoms with Gasteiger partial charge >= 0.3 is 6.09 Å². The summed E-state index contributed by atoms with van der Waals surface area (Å²) in [6.07, 6.45) is 6.09. The molecule has 1 aliphatic carbocycles. The lowest BCUT2D eigenvalue weighted by molar-refractivity contribution is -0.147. The largest absolute Gasteiger partial charge is 0.487 e. The number of amidine groups is 1. The number of carbonyl (C=O) groups is 1. The third-order valence-electron chi connectivity index (χ3n) is 7.86. The standard InChI is InChI=1S/C29H47N3O4/c1-27(2,3)29(7,34-8)24-17-13-19-18-20(12-16-23(19)35-24)25(30)31-21-10-9-11-22(15-14-21)32-26(33)36-28(4,5)6/h12,16,18,21-22,24H,9-11,13-15,17H2,1-8H3,(H2,30,31)(H,32,33)/t21?,22?,24-,29+/m1/s1. The first-order chi connectivity index (χ1) is 16.7. The lowest BCUT2D eigenvalue weighted by Crippen LogP contribution is -2.55. The van der Waals surface area contributed by atoms with Gasteiger partial charge in [0.15, 0.2) is 0 Å². The summed E-state index contributed by atoms with van der Waals surface area (Å²) in [5, 5.41) is 15.2. The molecule has 1 amide bonds. The third kappa shape index (κ3) is 6.93. The van der Waals surface area contributed by atoms with Crippen molar-refractivity contribution in [1.29, 1.82) is 5.41 Å². The summed E-state index contributed by atoms with van der Waals surface area (Å²) in [6.45, 7) is 14.3. The van der Waals surface area contributed by atoms with Crippen molar-refractivity contribution in [3.63, 3.8) is 0 Å². The van der Waals surface area contributed by atoms with Crippen LogP contribution in [0.1, 0.15) is 98.1 Å². The van der Waals surface area contributed by atoms with Crippen LogP contribution in [0.4, 0.5) is 4.79 Å². The van der Waals surface area contributed by atoms with Crippen LogP contribution in [0.2, 0.25) is 0 Å². The summed E-state index contributed by atoms with van der Waals surface area (Å²) < 4.78 is 17.8. The minimum atomic E-state index is -0.495. The molecule has 0 saturated heterocycles. The van der Waals surface area contributed by atoms with E-state index in [-0.39, 0.29) is 29.7 Å². The van der Waals surface area contributed by atoms with Gasteiger partial charge in [-0.1, -0.05) is 20.8 Å². The van der Waals surface area contributed by atoms with Gasteiger partial charge in [-0.3, -0.25) is 5.41 Å². The van der Waals surface area contributed by atoms with Crippen LogP contribution < -0.4 is 15.4 Å². The maximum Gasteiger partial charge on any atom is 0.407 e. The molecule has 3 rings (SSSR count). The van der Waals surface area contributed by atoms with Gasteiger partial charge in [0.2, 0.25) is 0 Å². The van der Waals surface area contributed by atoms with Crippen LogP contribution in [0.5, 0.6) is 5.75 Å². The predicted octanol–water partition coefficient (Wildman–Crippen LogP) is 5.97. The summed E-state index contributed by atoms with van der Waals surface area (Å²) in [6, 6.07) is 6.39. The zero-order valence-corrected chi connectivity index (χ0v) is 23.5. The fourth-order valence-electron chi connectivity index (χ4n) is 5.20. The molecule has 1 aromatic carbocycles. The van der Waals surface area contributed by atoms with Crippen molar-refractivity contribution in [3.8, 4) is 5.75 Å². The zero-order valence-electron chi connectivity index (χ0n) is 23.5. The molecule has 0 radical (unpaired) electrons. The molecule has 2 unspecified atom stereocenters. The van der Waals surface area contributed by atoms with Crippen molar-refractivity contribution in [1.82, 2.24) is 10.6 Å². The van der Waals surface area contributed by atoms with Gasteiger partial charge in [0, 0.05) is 24.8 Å². The molecule has 7 heteroatoms. The van der Waals surface area contributed by atoms with Gasteiger partial charge in [-0.25, -0.2) is 4.79 Å². The number of hydrogen-bond donors (Lipinski definition) is 3. The number of fused-ring (bicyclic) bond motifs is 1. The second-order valence-corrected chi connectivity index (χ2v) is 12.6. The molecule has 1 heterocycles. The highest BCUT2D eigenvalue weighted by Gasteiger charge is 2.47. The average Bonchev–Trinajstić information content (AvgIpc) is 3.00. The molecule has 1 saturated carbocycles. The van der Waals surface area contributed by atoms with Crippen LogP contribution in [0, 0.1) is 10.8 Å². The number of ether oxygens (including phenoxy) is 3. The molecule has 1 fully saturated rings. The second kappa shape index (κ2) is 11.0. The summed E-state index contributed by atoms with van der Waals surface area (Å²) in [7, 11) is 1.77. The highest BCUT2D eigenvalue weighted by atomic mass is 16.6. The van der Waals surface area contributed by atoms with Crippen molar-refractivity contribution in [3.05, 3.63) is 29.3 Å². The van der Waals surface area contributed by atoms with Crippen molar-refractivity contribution < 1.29 is 19.0 Å². The van der Waals surface area contributed by atoms with E-state index in [0.717, 1.165) is 61.8 Å². The normalized spacial score (nSPS) is 24.4. The van der Waals surface area contributed by atoms with Crippen LogP contribution in [0.15, 0.2) is 18.2 Å². The Kier molecular flexibility index (Phi) is 8.64. The second-order valence-electron chi connectivity index (χ2n) is 12.6. The molecule has 0 aromatic heterocycles. The molecule has 1 aromatic rings. The highest BCUT2D eigenvalue weighted by Crippen LogP contribution is 2.42. The lowest BCUT2D eigenvalue weighted by atomic mass is 9.72. The minimum absolute atomic E-state index is 0.0216. The maximum atomic E-state index is 12.1. The van der Waals surface area contributed by atoms with Crippen LogP contribution in [0.3, 0.4) is 0 Å². The molecule has 3 N–H and O–H groups in total. The minimum Gasteiger partial charge on any atom is -0.487 e. The number of nitrogens with one attached hydrogen (secondary N) is 3. The van der Waals surface area contributed by atoms with Gasteiger partial charge in [-0.05, 0) is 102 Å². The predicted molar refractivity (Wildman–Crippen MR) is 144 cm³/mol. The first kappa shape index (κ1) is 28.3. The number of benzene rings is 1. The first-order valence-corrected chi connectivity index (χ1v) is 13.4. The SMILES string of the molecule is CO[C@@](C)([C@H]1CCc2cc(C(=N)NC3CCCC(NC(=O)OC(C)(C)C)CC3)ccc2O1)C(C)(C)C. The maximum absolute atomic E-state index is 12.1. The van der Waals surface area contributed by atoms with Crippen LogP contribution in [0.25, 0.3) is 0 Å². The number of hydrogen-bond acceptors (Lipinski definition) is 5. The number of methoxy groups -OCH3 is 1. The Balaban J connectivity index is 1.57. The number of aryl methyl sites for hydroxylation is 1. The van der Waals surface area contributed by atoms with Crippen molar-refractivity contribution >= 4 is 11.9 Å². The van der Waals surface area contributed by atoms with E-state index >= 15 is 0 Å². The Morgan fingerprint density at radius 2 is 1.61 bits per heavy atom. The molecule has 4 atom stereocenters. The molecule has 2 aliphatic rings. The summed E-state index contributed by atoms with van der Waals surface area (Å²) >= 11 is 0. The van der Waals surface area contributed by atoms with Crippen LogP contribution in [-0.2, 0) is 15.9 Å². The molecular formula is C29H47N3O4. The summed E-state index contributed by atoms with van der Waals surface area (Å²) in [5.74, 6) is 1.33. The Morgan fingerprint density at radius 1 is 0.972 bits per heavy atom. The molecule has 7 nitrogen and oxygen atoms in total. The van der Waals surface area contributed by atoms with Crippen molar-refractivity contribution in [2.45, 2.75) is 123 Å². The number of rotatable bonds is 5. The third-order valence-corrected chi connectivity index (χ3v) is 7.86. The quantitative estimate of drug-likeness (QED) is 0.262. The number of alkyl carbamates (subject to hydrolysis) is 1. The zero-order chi connectivity index (χ0) is 26.7. The molecule has 202 valence electrons. The van der Waals surface area contributed by atoms with Crippen LogP contribution in [-0.4, -0.2) is 48.4 Å². The average molecular weight is 502 g/mol. The van der Waals surface area contributed by atoms with Crippen LogP contribution >= 0.6 is 0 Å². The van der Waals surface area contributed by atoms with E-state index < -0.39 is 11.2 Å². The van der Waals surface area contributed by atoms with Gasteiger partial charge in [-0.2, -0.15) is 0 Å². The molecule has 0 bridgehead atoms. The van der Waals surface area contributed by atoms with Gasteiger partial charge in [-0.15, -0.1) is 0 Å². The lowest BCUT2D eigenvalue weighted by Gasteiger charge is -2.47. The Bertz CT molecular complexity index is 933. The molecule has 0 spiro atoms. The topological polar surface area (TPSA) is 92.7 Å². The van der Waals surface area contributed by atoms with E-state index in [9.17, 15) is 4.79 Å². The fraction of sp³-hybridized carbons (Fsp3) is 0.724. The van der Waals surface area contributed by atoms with Gasteiger partial charge in [0.05, 0.1) is 0 Å². The van der Waals surface area contributed by atoms with Gasteiger partial charge in [0.25, 0.3) is 0 Å². The van der Waals surface area contributed by atoms with Crippen molar-refractivity contribution in [2.24, 2.45) is 5.41 Å². The van der Waals surface area contributed by atoms with Gasteiger partial charge < -0.3 is 24.8 Å². The molecule has 1 aliphatic heterocycles. The Labute approximate surface area is 217 Å².